The third kappa shape index (κ3) is 4.61. The molecule has 3 heterocycles. The number of aromatic nitrogens is 2. The maximum absolute atomic E-state index is 12.9. The highest BCUT2D eigenvalue weighted by atomic mass is 16.5. The molecule has 29 heavy (non-hydrogen) atoms. The lowest BCUT2D eigenvalue weighted by atomic mass is 10.2. The first-order valence-corrected chi connectivity index (χ1v) is 10.8. The molecule has 0 unspecified atom stereocenters. The zero-order valence-electron chi connectivity index (χ0n) is 17.5. The van der Waals surface area contributed by atoms with Gasteiger partial charge in [-0.05, 0) is 37.5 Å². The Labute approximate surface area is 172 Å². The minimum Gasteiger partial charge on any atom is -0.369 e. The predicted octanol–water partition coefficient (Wildman–Crippen LogP) is 2.82. The number of carbonyl (C=O) groups excluding carboxylic acids is 1. The average Bonchev–Trinajstić information content (AvgIpc) is 3.41. The Morgan fingerprint density at radius 3 is 2.76 bits per heavy atom. The molecule has 2 aliphatic heterocycles. The smallest absolute Gasteiger partial charge is 0.249 e. The molecule has 1 amide bonds. The van der Waals surface area contributed by atoms with E-state index >= 15 is 0 Å². The first kappa shape index (κ1) is 19.9. The first-order chi connectivity index (χ1) is 14.1. The van der Waals surface area contributed by atoms with Gasteiger partial charge in [0.1, 0.15) is 6.04 Å². The molecule has 1 atom stereocenters. The van der Waals surface area contributed by atoms with Crippen molar-refractivity contribution < 1.29 is 9.32 Å². The van der Waals surface area contributed by atoms with Crippen LogP contribution in [0.3, 0.4) is 0 Å². The number of anilines is 1. The number of piperazine rings is 1. The Hall–Kier alpha value is -2.41. The van der Waals surface area contributed by atoms with Crippen molar-refractivity contribution in [2.45, 2.75) is 45.6 Å². The van der Waals surface area contributed by atoms with Crippen molar-refractivity contribution in [3.05, 3.63) is 41.5 Å². The van der Waals surface area contributed by atoms with Gasteiger partial charge in [-0.1, -0.05) is 24.2 Å². The number of benzene rings is 1. The molecule has 0 N–H and O–H groups in total. The largest absolute Gasteiger partial charge is 0.369 e. The van der Waals surface area contributed by atoms with Gasteiger partial charge in [0.05, 0.1) is 0 Å². The first-order valence-electron chi connectivity index (χ1n) is 10.8. The number of nitrogens with zero attached hydrogens (tertiary/aromatic N) is 5. The molecule has 4 rings (SSSR count). The lowest BCUT2D eigenvalue weighted by Crippen LogP contribution is -2.47. The Kier molecular flexibility index (Phi) is 6.13. The van der Waals surface area contributed by atoms with E-state index in [1.54, 1.807) is 0 Å². The number of hydrogen-bond donors (Lipinski definition) is 0. The fourth-order valence-corrected chi connectivity index (χ4v) is 4.32. The Bertz CT molecular complexity index is 828. The maximum Gasteiger partial charge on any atom is 0.249 e. The summed E-state index contributed by atoms with van der Waals surface area (Å²) in [6.07, 6.45) is 3.20. The monoisotopic (exact) mass is 397 g/mol. The summed E-state index contributed by atoms with van der Waals surface area (Å²) in [5.41, 5.74) is 2.59. The quantitative estimate of drug-likeness (QED) is 0.747. The van der Waals surface area contributed by atoms with Crippen LogP contribution in [-0.4, -0.2) is 65.1 Å². The molecule has 0 saturated carbocycles. The highest BCUT2D eigenvalue weighted by molar-refractivity contribution is 5.77. The SMILES string of the molecule is CCc1noc([C@@H]2CCCN2C(=O)CCN2CCN(c3cccc(C)c3)CC2)n1. The van der Waals surface area contributed by atoms with E-state index in [1.807, 2.05) is 11.8 Å². The van der Waals surface area contributed by atoms with Gasteiger partial charge in [0.2, 0.25) is 11.8 Å². The van der Waals surface area contributed by atoms with Crippen LogP contribution < -0.4 is 4.90 Å². The number of carbonyl (C=O) groups is 1. The molecule has 1 aromatic heterocycles. The van der Waals surface area contributed by atoms with Crippen molar-refractivity contribution in [3.8, 4) is 0 Å². The summed E-state index contributed by atoms with van der Waals surface area (Å²) in [6, 6.07) is 8.63. The van der Waals surface area contributed by atoms with Crippen molar-refractivity contribution in [1.29, 1.82) is 0 Å². The standard InChI is InChI=1S/C22H31N5O2/c1-3-20-23-22(29-24-20)19-8-5-10-27(19)21(28)9-11-25-12-14-26(15-13-25)18-7-4-6-17(2)16-18/h4,6-7,16,19H,3,5,8-15H2,1-2H3/t19-/m0/s1. The van der Waals surface area contributed by atoms with Crippen molar-refractivity contribution in [3.63, 3.8) is 0 Å². The molecule has 0 aliphatic carbocycles. The van der Waals surface area contributed by atoms with Gasteiger partial charge in [0.25, 0.3) is 0 Å². The van der Waals surface area contributed by atoms with Crippen molar-refractivity contribution in [2.24, 2.45) is 0 Å². The molecule has 2 aromatic rings. The molecule has 7 nitrogen and oxygen atoms in total. The fourth-order valence-electron chi connectivity index (χ4n) is 4.32. The molecule has 0 spiro atoms. The summed E-state index contributed by atoms with van der Waals surface area (Å²) in [4.78, 5) is 24.1. The van der Waals surface area contributed by atoms with Crippen LogP contribution in [-0.2, 0) is 11.2 Å². The van der Waals surface area contributed by atoms with Crippen molar-refractivity contribution in [1.82, 2.24) is 19.9 Å². The fraction of sp³-hybridized carbons (Fsp3) is 0.591. The lowest BCUT2D eigenvalue weighted by molar-refractivity contribution is -0.133. The van der Waals surface area contributed by atoms with E-state index in [2.05, 4.69) is 51.1 Å². The van der Waals surface area contributed by atoms with Crippen LogP contribution in [0.2, 0.25) is 0 Å². The molecule has 1 aromatic carbocycles. The number of hydrogen-bond acceptors (Lipinski definition) is 6. The van der Waals surface area contributed by atoms with E-state index in [9.17, 15) is 4.79 Å². The van der Waals surface area contributed by atoms with Gasteiger partial charge >= 0.3 is 0 Å². The van der Waals surface area contributed by atoms with Crippen molar-refractivity contribution >= 4 is 11.6 Å². The van der Waals surface area contributed by atoms with E-state index in [0.29, 0.717) is 18.1 Å². The second kappa shape index (κ2) is 8.95. The van der Waals surface area contributed by atoms with Gasteiger partial charge in [-0.3, -0.25) is 9.69 Å². The maximum atomic E-state index is 12.9. The number of aryl methyl sites for hydroxylation is 2. The molecule has 2 aliphatic rings. The van der Waals surface area contributed by atoms with Crippen LogP contribution in [0.1, 0.15) is 49.5 Å². The van der Waals surface area contributed by atoms with E-state index in [4.69, 9.17) is 4.52 Å². The van der Waals surface area contributed by atoms with Gasteiger partial charge in [0.15, 0.2) is 5.82 Å². The van der Waals surface area contributed by atoms with Crippen LogP contribution in [0.15, 0.2) is 28.8 Å². The van der Waals surface area contributed by atoms with Crippen LogP contribution in [0.5, 0.6) is 0 Å². The molecule has 156 valence electrons. The van der Waals surface area contributed by atoms with Gasteiger partial charge in [-0.15, -0.1) is 0 Å². The zero-order valence-corrected chi connectivity index (χ0v) is 17.5. The molecular weight excluding hydrogens is 366 g/mol. The minimum atomic E-state index is -0.0477. The van der Waals surface area contributed by atoms with Crippen LogP contribution in [0.25, 0.3) is 0 Å². The van der Waals surface area contributed by atoms with Crippen LogP contribution >= 0.6 is 0 Å². The number of likely N-dealkylation sites (tertiary alicyclic amines) is 1. The highest BCUT2D eigenvalue weighted by Gasteiger charge is 2.34. The summed E-state index contributed by atoms with van der Waals surface area (Å²) in [5.74, 6) is 1.51. The Balaban J connectivity index is 1.26. The highest BCUT2D eigenvalue weighted by Crippen LogP contribution is 2.31. The van der Waals surface area contributed by atoms with Crippen LogP contribution in [0, 0.1) is 6.92 Å². The Morgan fingerprint density at radius 1 is 1.21 bits per heavy atom. The summed E-state index contributed by atoms with van der Waals surface area (Å²) in [7, 11) is 0. The summed E-state index contributed by atoms with van der Waals surface area (Å²) >= 11 is 0. The van der Waals surface area contributed by atoms with E-state index in [-0.39, 0.29) is 11.9 Å². The van der Waals surface area contributed by atoms with Gasteiger partial charge in [-0.25, -0.2) is 0 Å². The van der Waals surface area contributed by atoms with E-state index in [1.165, 1.54) is 11.3 Å². The lowest BCUT2D eigenvalue weighted by Gasteiger charge is -2.36. The van der Waals surface area contributed by atoms with Crippen LogP contribution in [0.4, 0.5) is 5.69 Å². The molecule has 2 fully saturated rings. The summed E-state index contributed by atoms with van der Waals surface area (Å²) in [6.45, 7) is 9.74. The molecule has 0 radical (unpaired) electrons. The average molecular weight is 398 g/mol. The third-order valence-electron chi connectivity index (χ3n) is 6.04. The van der Waals surface area contributed by atoms with Crippen molar-refractivity contribution in [2.75, 3.05) is 44.2 Å². The van der Waals surface area contributed by atoms with E-state index < -0.39 is 0 Å². The molecule has 0 bridgehead atoms. The zero-order chi connectivity index (χ0) is 20.2. The normalized spacial score (nSPS) is 20.4. The van der Waals surface area contributed by atoms with E-state index in [0.717, 1.165) is 58.5 Å². The second-order valence-electron chi connectivity index (χ2n) is 8.07. The predicted molar refractivity (Wildman–Crippen MR) is 112 cm³/mol. The van der Waals surface area contributed by atoms with Gasteiger partial charge < -0.3 is 14.3 Å². The third-order valence-corrected chi connectivity index (χ3v) is 6.04. The molecular formula is C22H31N5O2. The summed E-state index contributed by atoms with van der Waals surface area (Å²) < 4.78 is 5.41. The van der Waals surface area contributed by atoms with Gasteiger partial charge in [0, 0.05) is 57.8 Å². The Morgan fingerprint density at radius 2 is 2.03 bits per heavy atom. The molecule has 7 heteroatoms. The second-order valence-corrected chi connectivity index (χ2v) is 8.07. The topological polar surface area (TPSA) is 65.7 Å². The minimum absolute atomic E-state index is 0.0477. The number of amides is 1. The van der Waals surface area contributed by atoms with Gasteiger partial charge in [-0.2, -0.15) is 4.98 Å². The molecule has 2 saturated heterocycles. The number of rotatable bonds is 6. The summed E-state index contributed by atoms with van der Waals surface area (Å²) in [5, 5.41) is 3.99.